The fraction of sp³-hybridized carbons (Fsp3) is 0.538. The Morgan fingerprint density at radius 1 is 1.21 bits per heavy atom. The van der Waals surface area contributed by atoms with Gasteiger partial charge in [0.2, 0.25) is 10.0 Å². The van der Waals surface area contributed by atoms with Crippen LogP contribution in [0.5, 0.6) is 0 Å². The van der Waals surface area contributed by atoms with Crippen LogP contribution in [0.3, 0.4) is 0 Å². The molecule has 4 N–H and O–H groups in total. The highest BCUT2D eigenvalue weighted by Crippen LogP contribution is 2.17. The van der Waals surface area contributed by atoms with Crippen LogP contribution in [0, 0.1) is 5.92 Å². The van der Waals surface area contributed by atoms with E-state index in [4.69, 9.17) is 5.14 Å². The molecule has 0 saturated heterocycles. The summed E-state index contributed by atoms with van der Waals surface area (Å²) in [5.41, 5.74) is 0.950. The first kappa shape index (κ1) is 16.1. The third-order valence-electron chi connectivity index (χ3n) is 3.17. The number of hydrogen-bond donors (Lipinski definition) is 3. The normalized spacial score (nSPS) is 15.5. The maximum Gasteiger partial charge on any atom is 0.238 e. The van der Waals surface area contributed by atoms with Gasteiger partial charge >= 0.3 is 0 Å². The maximum absolute atomic E-state index is 11.2. The predicted octanol–water partition coefficient (Wildman–Crippen LogP) is 1.00. The molecule has 1 aromatic rings. The minimum absolute atomic E-state index is 0.00733. The molecule has 6 heteroatoms. The van der Waals surface area contributed by atoms with Crippen molar-refractivity contribution in [1.29, 1.82) is 0 Å². The van der Waals surface area contributed by atoms with Gasteiger partial charge in [-0.2, -0.15) is 0 Å². The molecule has 0 fully saturated rings. The van der Waals surface area contributed by atoms with Gasteiger partial charge < -0.3 is 10.4 Å². The van der Waals surface area contributed by atoms with Gasteiger partial charge in [-0.25, -0.2) is 13.6 Å². The number of nitrogens with two attached hydrogens (primary N) is 1. The molecule has 0 bridgehead atoms. The zero-order valence-corrected chi connectivity index (χ0v) is 12.3. The molecule has 108 valence electrons. The van der Waals surface area contributed by atoms with Crippen molar-refractivity contribution in [3.8, 4) is 0 Å². The molecular formula is C13H22N2O3S. The number of hydrogen-bond acceptors (Lipinski definition) is 4. The summed E-state index contributed by atoms with van der Waals surface area (Å²) in [5, 5.41) is 17.6. The summed E-state index contributed by atoms with van der Waals surface area (Å²) in [7, 11) is -3.65. The third-order valence-corrected chi connectivity index (χ3v) is 4.10. The fourth-order valence-corrected chi connectivity index (χ4v) is 2.33. The van der Waals surface area contributed by atoms with Gasteiger partial charge in [0.1, 0.15) is 0 Å². The Balaban J connectivity index is 2.81. The van der Waals surface area contributed by atoms with Gasteiger partial charge in [-0.1, -0.05) is 26.0 Å². The van der Waals surface area contributed by atoms with Gasteiger partial charge in [0.25, 0.3) is 0 Å². The van der Waals surface area contributed by atoms with Crippen LogP contribution in [0.4, 0.5) is 0 Å². The van der Waals surface area contributed by atoms with Gasteiger partial charge in [0.15, 0.2) is 0 Å². The molecule has 2 unspecified atom stereocenters. The van der Waals surface area contributed by atoms with E-state index < -0.39 is 10.0 Å². The lowest BCUT2D eigenvalue weighted by molar-refractivity contribution is 0.201. The predicted molar refractivity (Wildman–Crippen MR) is 75.1 cm³/mol. The Morgan fingerprint density at radius 2 is 1.74 bits per heavy atom. The van der Waals surface area contributed by atoms with Crippen LogP contribution in [0.25, 0.3) is 0 Å². The van der Waals surface area contributed by atoms with Crippen molar-refractivity contribution in [2.24, 2.45) is 11.1 Å². The standard InChI is InChI=1S/C13H22N2O3S/c1-9(2)13(8-16)15-10(3)11-4-6-12(7-5-11)19(14,17)18/h4-7,9-10,13,15-16H,8H2,1-3H3,(H2,14,17,18). The second kappa shape index (κ2) is 6.47. The van der Waals surface area contributed by atoms with Crippen LogP contribution in [0.2, 0.25) is 0 Å². The lowest BCUT2D eigenvalue weighted by Gasteiger charge is -2.25. The van der Waals surface area contributed by atoms with Crippen molar-refractivity contribution < 1.29 is 13.5 Å². The van der Waals surface area contributed by atoms with Crippen LogP contribution in [-0.4, -0.2) is 26.2 Å². The zero-order chi connectivity index (χ0) is 14.6. The molecule has 0 aromatic heterocycles. The van der Waals surface area contributed by atoms with E-state index in [-0.39, 0.29) is 23.6 Å². The Morgan fingerprint density at radius 3 is 2.11 bits per heavy atom. The molecule has 0 heterocycles. The van der Waals surface area contributed by atoms with Gasteiger partial charge in [0, 0.05) is 12.1 Å². The molecular weight excluding hydrogens is 264 g/mol. The van der Waals surface area contributed by atoms with Gasteiger partial charge in [-0.05, 0) is 30.5 Å². The molecule has 5 nitrogen and oxygen atoms in total. The Labute approximate surface area is 114 Å². The Kier molecular flexibility index (Phi) is 5.49. The van der Waals surface area contributed by atoms with Crippen molar-refractivity contribution in [2.75, 3.05) is 6.61 Å². The van der Waals surface area contributed by atoms with E-state index in [2.05, 4.69) is 5.32 Å². The van der Waals surface area contributed by atoms with E-state index in [0.717, 1.165) is 5.56 Å². The van der Waals surface area contributed by atoms with E-state index in [0.29, 0.717) is 5.92 Å². The third kappa shape index (κ3) is 4.58. The van der Waals surface area contributed by atoms with E-state index in [1.165, 1.54) is 12.1 Å². The van der Waals surface area contributed by atoms with E-state index in [1.807, 2.05) is 20.8 Å². The number of primary sulfonamides is 1. The first-order valence-electron chi connectivity index (χ1n) is 6.25. The first-order chi connectivity index (χ1) is 8.75. The quantitative estimate of drug-likeness (QED) is 0.727. The molecule has 19 heavy (non-hydrogen) atoms. The van der Waals surface area contributed by atoms with Crippen molar-refractivity contribution in [3.63, 3.8) is 0 Å². The van der Waals surface area contributed by atoms with E-state index >= 15 is 0 Å². The Hall–Kier alpha value is -0.950. The second-order valence-electron chi connectivity index (χ2n) is 5.04. The summed E-state index contributed by atoms with van der Waals surface area (Å²) in [6.07, 6.45) is 0. The number of aliphatic hydroxyl groups is 1. The van der Waals surface area contributed by atoms with E-state index in [9.17, 15) is 13.5 Å². The van der Waals surface area contributed by atoms with Gasteiger partial charge in [-0.15, -0.1) is 0 Å². The molecule has 0 saturated carbocycles. The SMILES string of the molecule is CC(NC(CO)C(C)C)c1ccc(S(N)(=O)=O)cc1. The smallest absolute Gasteiger partial charge is 0.238 e. The lowest BCUT2D eigenvalue weighted by Crippen LogP contribution is -2.38. The maximum atomic E-state index is 11.2. The lowest BCUT2D eigenvalue weighted by atomic mass is 10.0. The minimum atomic E-state index is -3.65. The highest BCUT2D eigenvalue weighted by atomic mass is 32.2. The minimum Gasteiger partial charge on any atom is -0.395 e. The van der Waals surface area contributed by atoms with Crippen molar-refractivity contribution >= 4 is 10.0 Å². The molecule has 0 aliphatic heterocycles. The van der Waals surface area contributed by atoms with E-state index in [1.54, 1.807) is 12.1 Å². The van der Waals surface area contributed by atoms with Crippen molar-refractivity contribution in [3.05, 3.63) is 29.8 Å². The van der Waals surface area contributed by atoms with Crippen LogP contribution in [0.1, 0.15) is 32.4 Å². The molecule has 0 amide bonds. The van der Waals surface area contributed by atoms with Crippen LogP contribution >= 0.6 is 0 Å². The number of rotatable bonds is 6. The summed E-state index contributed by atoms with van der Waals surface area (Å²) in [6, 6.07) is 6.47. The fourth-order valence-electron chi connectivity index (χ4n) is 1.82. The molecule has 0 spiro atoms. The summed E-state index contributed by atoms with van der Waals surface area (Å²) in [6.45, 7) is 6.10. The average molecular weight is 286 g/mol. The summed E-state index contributed by atoms with van der Waals surface area (Å²) < 4.78 is 22.3. The number of nitrogens with one attached hydrogen (secondary N) is 1. The molecule has 0 radical (unpaired) electrons. The van der Waals surface area contributed by atoms with Crippen LogP contribution in [0.15, 0.2) is 29.2 Å². The zero-order valence-electron chi connectivity index (χ0n) is 11.5. The monoisotopic (exact) mass is 286 g/mol. The molecule has 2 atom stereocenters. The molecule has 1 rings (SSSR count). The average Bonchev–Trinajstić information content (AvgIpc) is 2.34. The van der Waals surface area contributed by atoms with Gasteiger partial charge in [-0.3, -0.25) is 0 Å². The van der Waals surface area contributed by atoms with Crippen molar-refractivity contribution in [1.82, 2.24) is 5.32 Å². The largest absolute Gasteiger partial charge is 0.395 e. The van der Waals surface area contributed by atoms with Crippen LogP contribution in [-0.2, 0) is 10.0 Å². The molecule has 0 aliphatic rings. The highest BCUT2D eigenvalue weighted by molar-refractivity contribution is 7.89. The van der Waals surface area contributed by atoms with Crippen LogP contribution < -0.4 is 10.5 Å². The second-order valence-corrected chi connectivity index (χ2v) is 6.60. The Bertz CT molecular complexity index is 497. The first-order valence-corrected chi connectivity index (χ1v) is 7.80. The number of sulfonamides is 1. The molecule has 1 aromatic carbocycles. The van der Waals surface area contributed by atoms with Gasteiger partial charge in [0.05, 0.1) is 11.5 Å². The summed E-state index contributed by atoms with van der Waals surface area (Å²) in [5.74, 6) is 0.316. The topological polar surface area (TPSA) is 92.4 Å². The number of aliphatic hydroxyl groups excluding tert-OH is 1. The molecule has 0 aliphatic carbocycles. The summed E-state index contributed by atoms with van der Waals surface area (Å²) >= 11 is 0. The summed E-state index contributed by atoms with van der Waals surface area (Å²) in [4.78, 5) is 0.103. The van der Waals surface area contributed by atoms with Crippen molar-refractivity contribution in [2.45, 2.75) is 37.8 Å². The number of benzene rings is 1. The highest BCUT2D eigenvalue weighted by Gasteiger charge is 2.16.